The summed E-state index contributed by atoms with van der Waals surface area (Å²) in [6.07, 6.45) is 5.39. The zero-order chi connectivity index (χ0) is 17.8. The van der Waals surface area contributed by atoms with Crippen LogP contribution in [0.4, 0.5) is 10.5 Å². The van der Waals surface area contributed by atoms with Crippen LogP contribution < -0.4 is 10.6 Å². The molecular formula is C17H23N3O3S. The molecule has 0 saturated carbocycles. The smallest absolute Gasteiger partial charge is 0.319 e. The number of hydrogen-bond donors (Lipinski definition) is 2. The van der Waals surface area contributed by atoms with Gasteiger partial charge in [-0.25, -0.2) is 13.2 Å². The summed E-state index contributed by atoms with van der Waals surface area (Å²) in [5.74, 6) is 0.0311. The van der Waals surface area contributed by atoms with Gasteiger partial charge < -0.3 is 15.2 Å². The number of rotatable bonds is 6. The van der Waals surface area contributed by atoms with Crippen molar-refractivity contribution in [3.63, 3.8) is 0 Å². The first kappa shape index (κ1) is 18.1. The zero-order valence-electron chi connectivity index (χ0n) is 14.1. The third-order valence-electron chi connectivity index (χ3n) is 3.56. The second-order valence-corrected chi connectivity index (χ2v) is 8.74. The zero-order valence-corrected chi connectivity index (χ0v) is 14.9. The fraction of sp³-hybridized carbons (Fsp3) is 0.353. The summed E-state index contributed by atoms with van der Waals surface area (Å²) in [4.78, 5) is 12.2. The highest BCUT2D eigenvalue weighted by Crippen LogP contribution is 2.16. The molecule has 2 N–H and O–H groups in total. The fourth-order valence-electron chi connectivity index (χ4n) is 2.22. The first-order valence-corrected chi connectivity index (χ1v) is 9.71. The highest BCUT2D eigenvalue weighted by molar-refractivity contribution is 7.90. The molecule has 0 radical (unpaired) electrons. The van der Waals surface area contributed by atoms with E-state index in [4.69, 9.17) is 0 Å². The molecule has 0 aliphatic heterocycles. The summed E-state index contributed by atoms with van der Waals surface area (Å²) >= 11 is 0. The van der Waals surface area contributed by atoms with Crippen LogP contribution >= 0.6 is 0 Å². The standard InChI is InChI=1S/C17H23N3O3S/c1-17(2,9-12-24(3,22)23)19-16(21)18-14-7-6-8-15(13-14)20-10-4-5-11-20/h4-8,10-11,13H,9,12H2,1-3H3,(H2,18,19,21). The first-order chi connectivity index (χ1) is 11.1. The van der Waals surface area contributed by atoms with E-state index in [-0.39, 0.29) is 11.8 Å². The van der Waals surface area contributed by atoms with Crippen LogP contribution in [0.25, 0.3) is 5.69 Å². The van der Waals surface area contributed by atoms with E-state index in [1.807, 2.05) is 47.3 Å². The molecule has 1 heterocycles. The molecule has 0 aliphatic rings. The number of urea groups is 1. The molecule has 0 aliphatic carbocycles. The Labute approximate surface area is 142 Å². The van der Waals surface area contributed by atoms with Crippen LogP contribution in [0.2, 0.25) is 0 Å². The normalized spacial score (nSPS) is 12.0. The Hall–Kier alpha value is -2.28. The third kappa shape index (κ3) is 5.73. The molecule has 2 aromatic rings. The highest BCUT2D eigenvalue weighted by Gasteiger charge is 2.22. The third-order valence-corrected chi connectivity index (χ3v) is 4.50. The van der Waals surface area contributed by atoms with Gasteiger partial charge in [0.25, 0.3) is 0 Å². The Morgan fingerprint density at radius 2 is 1.83 bits per heavy atom. The molecule has 0 atom stereocenters. The van der Waals surface area contributed by atoms with Crippen molar-refractivity contribution in [2.45, 2.75) is 25.8 Å². The van der Waals surface area contributed by atoms with E-state index in [0.717, 1.165) is 5.69 Å². The summed E-state index contributed by atoms with van der Waals surface area (Å²) in [7, 11) is -3.06. The first-order valence-electron chi connectivity index (χ1n) is 7.65. The van der Waals surface area contributed by atoms with E-state index in [0.29, 0.717) is 12.1 Å². The van der Waals surface area contributed by atoms with Gasteiger partial charge in [0.1, 0.15) is 9.84 Å². The van der Waals surface area contributed by atoms with Gasteiger partial charge in [0.05, 0.1) is 5.75 Å². The van der Waals surface area contributed by atoms with Gasteiger partial charge in [0.15, 0.2) is 0 Å². The maximum atomic E-state index is 12.2. The summed E-state index contributed by atoms with van der Waals surface area (Å²) in [5.41, 5.74) is 0.984. The number of nitrogens with zero attached hydrogens (tertiary/aromatic N) is 1. The lowest BCUT2D eigenvalue weighted by atomic mass is 10.0. The number of hydrogen-bond acceptors (Lipinski definition) is 3. The number of aromatic nitrogens is 1. The molecule has 2 amide bonds. The van der Waals surface area contributed by atoms with Crippen molar-refractivity contribution in [3.8, 4) is 5.69 Å². The predicted octanol–water partition coefficient (Wildman–Crippen LogP) is 2.81. The average molecular weight is 349 g/mol. The number of amides is 2. The summed E-state index contributed by atoms with van der Waals surface area (Å²) in [6.45, 7) is 3.60. The van der Waals surface area contributed by atoms with Gasteiger partial charge in [-0.2, -0.15) is 0 Å². The number of anilines is 1. The molecule has 6 nitrogen and oxygen atoms in total. The van der Waals surface area contributed by atoms with Crippen LogP contribution in [0.15, 0.2) is 48.8 Å². The van der Waals surface area contributed by atoms with Gasteiger partial charge in [-0.3, -0.25) is 0 Å². The number of carbonyl (C=O) groups is 1. The van der Waals surface area contributed by atoms with Crippen molar-refractivity contribution < 1.29 is 13.2 Å². The Bertz CT molecular complexity index is 796. The Morgan fingerprint density at radius 1 is 1.17 bits per heavy atom. The maximum absolute atomic E-state index is 12.2. The minimum absolute atomic E-state index is 0.0311. The summed E-state index contributed by atoms with van der Waals surface area (Å²) in [6, 6.07) is 11.0. The van der Waals surface area contributed by atoms with Crippen molar-refractivity contribution in [3.05, 3.63) is 48.8 Å². The maximum Gasteiger partial charge on any atom is 0.319 e. The molecule has 24 heavy (non-hydrogen) atoms. The molecule has 0 bridgehead atoms. The van der Waals surface area contributed by atoms with E-state index >= 15 is 0 Å². The molecule has 1 aromatic heterocycles. The second-order valence-electron chi connectivity index (χ2n) is 6.48. The van der Waals surface area contributed by atoms with Gasteiger partial charge in [0.2, 0.25) is 0 Å². The lowest BCUT2D eigenvalue weighted by Crippen LogP contribution is -2.46. The average Bonchev–Trinajstić information content (AvgIpc) is 2.98. The molecule has 2 rings (SSSR count). The Morgan fingerprint density at radius 3 is 2.46 bits per heavy atom. The number of benzene rings is 1. The Balaban J connectivity index is 1.98. The van der Waals surface area contributed by atoms with Crippen molar-refractivity contribution in [1.29, 1.82) is 0 Å². The largest absolute Gasteiger partial charge is 0.333 e. The second kappa shape index (κ2) is 7.09. The number of nitrogens with one attached hydrogen (secondary N) is 2. The van der Waals surface area contributed by atoms with Gasteiger partial charge >= 0.3 is 6.03 Å². The monoisotopic (exact) mass is 349 g/mol. The fourth-order valence-corrected chi connectivity index (χ4v) is 3.10. The molecule has 0 unspecified atom stereocenters. The molecule has 0 fully saturated rings. The lowest BCUT2D eigenvalue weighted by Gasteiger charge is -2.26. The van der Waals surface area contributed by atoms with E-state index in [9.17, 15) is 13.2 Å². The van der Waals surface area contributed by atoms with Crippen LogP contribution in [0.1, 0.15) is 20.3 Å². The van der Waals surface area contributed by atoms with Gasteiger partial charge in [-0.15, -0.1) is 0 Å². The molecular weight excluding hydrogens is 326 g/mol. The van der Waals surface area contributed by atoms with Crippen LogP contribution in [0, 0.1) is 0 Å². The lowest BCUT2D eigenvalue weighted by molar-refractivity contribution is 0.240. The molecule has 130 valence electrons. The van der Waals surface area contributed by atoms with Crippen LogP contribution in [0.5, 0.6) is 0 Å². The van der Waals surface area contributed by atoms with Gasteiger partial charge in [-0.05, 0) is 50.6 Å². The molecule has 1 aromatic carbocycles. The Kier molecular flexibility index (Phi) is 5.33. The number of sulfone groups is 1. The summed E-state index contributed by atoms with van der Waals surface area (Å²) in [5, 5.41) is 5.59. The van der Waals surface area contributed by atoms with Crippen molar-refractivity contribution in [2.24, 2.45) is 0 Å². The van der Waals surface area contributed by atoms with E-state index in [1.165, 1.54) is 6.26 Å². The topological polar surface area (TPSA) is 80.2 Å². The van der Waals surface area contributed by atoms with Crippen LogP contribution in [0.3, 0.4) is 0 Å². The molecule has 7 heteroatoms. The molecule has 0 spiro atoms. The quantitative estimate of drug-likeness (QED) is 0.841. The van der Waals surface area contributed by atoms with Crippen LogP contribution in [-0.2, 0) is 9.84 Å². The predicted molar refractivity (Wildman–Crippen MR) is 96.3 cm³/mol. The summed E-state index contributed by atoms with van der Waals surface area (Å²) < 4.78 is 24.5. The molecule has 0 saturated heterocycles. The van der Waals surface area contributed by atoms with Crippen molar-refractivity contribution >= 4 is 21.6 Å². The van der Waals surface area contributed by atoms with Gasteiger partial charge in [0, 0.05) is 35.6 Å². The SMILES string of the molecule is CC(C)(CCS(C)(=O)=O)NC(=O)Nc1cccc(-n2cccc2)c1. The van der Waals surface area contributed by atoms with Crippen LogP contribution in [-0.4, -0.2) is 36.6 Å². The van der Waals surface area contributed by atoms with E-state index < -0.39 is 15.4 Å². The minimum atomic E-state index is -3.06. The highest BCUT2D eigenvalue weighted by atomic mass is 32.2. The van der Waals surface area contributed by atoms with Crippen molar-refractivity contribution in [1.82, 2.24) is 9.88 Å². The van der Waals surface area contributed by atoms with Gasteiger partial charge in [-0.1, -0.05) is 6.07 Å². The number of carbonyl (C=O) groups excluding carboxylic acids is 1. The van der Waals surface area contributed by atoms with E-state index in [1.54, 1.807) is 19.9 Å². The van der Waals surface area contributed by atoms with Crippen molar-refractivity contribution in [2.75, 3.05) is 17.3 Å². The minimum Gasteiger partial charge on any atom is -0.333 e. The van der Waals surface area contributed by atoms with E-state index in [2.05, 4.69) is 10.6 Å².